The first kappa shape index (κ1) is 27.7. The van der Waals surface area contributed by atoms with Crippen molar-refractivity contribution in [1.29, 1.82) is 0 Å². The Balaban J connectivity index is 0.000000217. The summed E-state index contributed by atoms with van der Waals surface area (Å²) in [5.74, 6) is -0.325. The van der Waals surface area contributed by atoms with E-state index < -0.39 is 14.9 Å². The van der Waals surface area contributed by atoms with Crippen LogP contribution in [-0.4, -0.2) is 18.0 Å². The van der Waals surface area contributed by atoms with Crippen molar-refractivity contribution < 1.29 is 28.6 Å². The molecule has 7 aromatic rings. The zero-order chi connectivity index (χ0) is 32.5. The van der Waals surface area contributed by atoms with Crippen molar-refractivity contribution in [3.05, 3.63) is 139 Å². The Kier molecular flexibility index (Phi) is 8.48. The second-order valence-corrected chi connectivity index (χ2v) is 17.4. The van der Waals surface area contributed by atoms with Crippen LogP contribution in [0.25, 0.3) is 53.8 Å². The molecule has 0 aliphatic heterocycles. The second-order valence-electron chi connectivity index (χ2n) is 11.3. The number of pyridine rings is 2. The van der Waals surface area contributed by atoms with Gasteiger partial charge in [-0.15, -0.1) is 53.6 Å². The molecular weight excluding hydrogens is 756 g/mol. The molecule has 44 heavy (non-hydrogen) atoms. The molecule has 0 saturated carbocycles. The minimum absolute atomic E-state index is 0. The molecule has 2 nitrogen and oxygen atoms in total. The van der Waals surface area contributed by atoms with Gasteiger partial charge in [0.2, 0.25) is 0 Å². The van der Waals surface area contributed by atoms with Crippen LogP contribution in [0.2, 0.25) is 19.6 Å². The number of benzene rings is 4. The van der Waals surface area contributed by atoms with Gasteiger partial charge < -0.3 is 9.97 Å². The molecule has 0 spiro atoms. The van der Waals surface area contributed by atoms with Crippen LogP contribution in [0.15, 0.2) is 116 Å². The predicted molar refractivity (Wildman–Crippen MR) is 183 cm³/mol. The van der Waals surface area contributed by atoms with E-state index in [1.165, 1.54) is 28.8 Å². The number of rotatable bonds is 4. The number of halogens is 1. The average Bonchev–Trinajstić information content (AvgIpc) is 3.46. The third-order valence-electron chi connectivity index (χ3n) is 7.26. The molecule has 3 heterocycles. The van der Waals surface area contributed by atoms with Crippen molar-refractivity contribution in [3.8, 4) is 33.6 Å². The normalized spacial score (nSPS) is 12.4. The minimum atomic E-state index is -2.30. The van der Waals surface area contributed by atoms with E-state index >= 15 is 0 Å². The Morgan fingerprint density at radius 1 is 0.818 bits per heavy atom. The van der Waals surface area contributed by atoms with Gasteiger partial charge in [0, 0.05) is 47.1 Å². The van der Waals surface area contributed by atoms with Crippen LogP contribution in [0.3, 0.4) is 0 Å². The number of fused-ring (bicyclic) bond motifs is 3. The molecule has 4 aromatic carbocycles. The van der Waals surface area contributed by atoms with Crippen LogP contribution in [0.4, 0.5) is 4.39 Å². The third-order valence-corrected chi connectivity index (χ3v) is 10.5. The summed E-state index contributed by atoms with van der Waals surface area (Å²) in [7, 11) is -1.23. The topological polar surface area (TPSA) is 25.8 Å². The van der Waals surface area contributed by atoms with Crippen LogP contribution >= 0.6 is 11.3 Å². The molecule has 0 aliphatic rings. The largest absolute Gasteiger partial charge is 0.305 e. The van der Waals surface area contributed by atoms with Crippen molar-refractivity contribution in [2.75, 3.05) is 0 Å². The fraction of sp³-hybridized carbons (Fsp3) is 0.105. The molecule has 0 atom stereocenters. The first-order chi connectivity index (χ1) is 22.0. The van der Waals surface area contributed by atoms with Gasteiger partial charge in [-0.05, 0) is 61.7 Å². The molecule has 0 saturated heterocycles. The van der Waals surface area contributed by atoms with Gasteiger partial charge in [0.25, 0.3) is 0 Å². The first-order valence-corrected chi connectivity index (χ1v) is 18.3. The van der Waals surface area contributed by atoms with E-state index in [0.29, 0.717) is 22.2 Å². The van der Waals surface area contributed by atoms with E-state index in [1.54, 1.807) is 6.07 Å². The maximum absolute atomic E-state index is 14.7. The molecule has 6 heteroatoms. The maximum Gasteiger partial charge on any atom is 0.0795 e. The van der Waals surface area contributed by atoms with Gasteiger partial charge in [-0.25, -0.2) is 0 Å². The van der Waals surface area contributed by atoms with E-state index in [4.69, 9.17) is 4.11 Å². The summed E-state index contributed by atoms with van der Waals surface area (Å²) in [4.78, 5) is 8.96. The van der Waals surface area contributed by atoms with Crippen molar-refractivity contribution in [3.63, 3.8) is 0 Å². The van der Waals surface area contributed by atoms with E-state index in [1.807, 2.05) is 85.1 Å². The Bertz CT molecular complexity index is 2130. The molecular formula is C38H31FIrN2SSi-2. The fourth-order valence-electron chi connectivity index (χ4n) is 4.92. The van der Waals surface area contributed by atoms with Gasteiger partial charge in [-0.3, -0.25) is 4.39 Å². The zero-order valence-corrected chi connectivity index (χ0v) is 28.7. The van der Waals surface area contributed by atoms with Gasteiger partial charge in [0.15, 0.2) is 0 Å². The monoisotopic (exact) mass is 790 g/mol. The number of hydrogen-bond donors (Lipinski definition) is 0. The molecule has 0 unspecified atom stereocenters. The summed E-state index contributed by atoms with van der Waals surface area (Å²) in [6.07, 6.45) is 3.42. The molecule has 0 N–H and O–H groups in total. The fourth-order valence-corrected chi connectivity index (χ4v) is 7.18. The molecule has 0 fully saturated rings. The summed E-state index contributed by atoms with van der Waals surface area (Å²) in [5.41, 5.74) is 4.87. The maximum atomic E-state index is 14.7. The second kappa shape index (κ2) is 13.5. The molecule has 221 valence electrons. The van der Waals surface area contributed by atoms with Crippen LogP contribution in [0.5, 0.6) is 0 Å². The molecule has 3 aromatic heterocycles. The van der Waals surface area contributed by atoms with Crippen molar-refractivity contribution in [2.45, 2.75) is 26.5 Å². The minimum Gasteiger partial charge on any atom is -0.305 e. The smallest absolute Gasteiger partial charge is 0.0795 e. The number of thiophene rings is 1. The number of aromatic nitrogens is 2. The van der Waals surface area contributed by atoms with Crippen LogP contribution in [0, 0.1) is 24.8 Å². The molecule has 1 radical (unpaired) electrons. The number of aryl methyl sites for hydroxylation is 1. The summed E-state index contributed by atoms with van der Waals surface area (Å²) in [6, 6.07) is 38.6. The van der Waals surface area contributed by atoms with Gasteiger partial charge in [-0.2, -0.15) is 11.3 Å². The van der Waals surface area contributed by atoms with Gasteiger partial charge >= 0.3 is 0 Å². The molecule has 7 rings (SSSR count). The van der Waals surface area contributed by atoms with Crippen molar-refractivity contribution in [1.82, 2.24) is 9.97 Å². The Morgan fingerprint density at radius 2 is 1.57 bits per heavy atom. The SMILES string of the molecule is C[Si](C)(C)c1ccc(-c2[c-]cccc2)nc1.[2H]C([2H])([2H])c1cnc(-c2[c-]cc(F)c3c2sc2ccccc23)cc1-c1ccccc1.[Ir]. The Hall–Kier alpha value is -3.80. The molecule has 0 amide bonds. The number of hydrogen-bond acceptors (Lipinski definition) is 3. The number of nitrogens with zero attached hydrogens (tertiary/aromatic N) is 2. The molecule has 0 aliphatic carbocycles. The third kappa shape index (κ3) is 6.64. The summed E-state index contributed by atoms with van der Waals surface area (Å²) in [6.45, 7) is 4.70. The zero-order valence-electron chi connectivity index (χ0n) is 27.5. The Labute approximate surface area is 281 Å². The standard InChI is InChI=1S/C24H15FNS.C14H16NSi.Ir/c1-15-14-26-21(13-19(15)16-7-3-2-4-8-16)17-11-12-20(25)23-18-9-5-6-10-22(18)27-24(17)23;1-16(2,3)13-9-10-14(15-11-13)12-7-5-4-6-8-12;/h2-10,12-14H,1H3;4-7,9-11H,1-3H3;/q2*-1;/i1D3;;. The predicted octanol–water partition coefficient (Wildman–Crippen LogP) is 10.1. The summed E-state index contributed by atoms with van der Waals surface area (Å²) in [5, 5.41) is 2.80. The Morgan fingerprint density at radius 3 is 2.27 bits per heavy atom. The average molecular weight is 790 g/mol. The summed E-state index contributed by atoms with van der Waals surface area (Å²) >= 11 is 1.49. The van der Waals surface area contributed by atoms with Gasteiger partial charge in [0.05, 0.1) is 8.07 Å². The van der Waals surface area contributed by atoms with Crippen LogP contribution in [-0.2, 0) is 20.1 Å². The van der Waals surface area contributed by atoms with E-state index in [9.17, 15) is 4.39 Å². The van der Waals surface area contributed by atoms with Crippen molar-refractivity contribution in [2.24, 2.45) is 0 Å². The van der Waals surface area contributed by atoms with Gasteiger partial charge in [-0.1, -0.05) is 86.4 Å². The quantitative estimate of drug-likeness (QED) is 0.131. The van der Waals surface area contributed by atoms with Crippen LogP contribution in [0.1, 0.15) is 9.68 Å². The van der Waals surface area contributed by atoms with E-state index in [-0.39, 0.29) is 31.5 Å². The molecule has 0 bridgehead atoms. The first-order valence-electron chi connectivity index (χ1n) is 15.5. The van der Waals surface area contributed by atoms with E-state index in [0.717, 1.165) is 31.6 Å². The van der Waals surface area contributed by atoms with E-state index in [2.05, 4.69) is 53.9 Å². The van der Waals surface area contributed by atoms with Crippen molar-refractivity contribution >= 4 is 44.8 Å². The summed E-state index contributed by atoms with van der Waals surface area (Å²) < 4.78 is 40.2. The van der Waals surface area contributed by atoms with Crippen LogP contribution < -0.4 is 5.19 Å². The van der Waals surface area contributed by atoms with Gasteiger partial charge in [0.1, 0.15) is 0 Å².